The van der Waals surface area contributed by atoms with Gasteiger partial charge < -0.3 is 14.5 Å². The average molecular weight is 379 g/mol. The number of nitrogens with zero attached hydrogens (tertiary/aromatic N) is 3. The molecule has 0 saturated carbocycles. The number of amides is 2. The number of piperazine rings is 1. The fraction of sp³-hybridized carbons (Fsp3) is 0.364. The molecule has 2 fully saturated rings. The van der Waals surface area contributed by atoms with Crippen LogP contribution in [-0.4, -0.2) is 67.5 Å². The van der Waals surface area contributed by atoms with Crippen LogP contribution >= 0.6 is 0 Å². The summed E-state index contributed by atoms with van der Waals surface area (Å²) < 4.78 is 5.42. The van der Waals surface area contributed by atoms with E-state index in [1.165, 1.54) is 0 Å². The van der Waals surface area contributed by atoms with E-state index in [0.717, 1.165) is 36.5 Å². The lowest BCUT2D eigenvalue weighted by Gasteiger charge is -2.37. The first-order chi connectivity index (χ1) is 13.7. The van der Waals surface area contributed by atoms with Crippen LogP contribution in [0.1, 0.15) is 16.8 Å². The molecule has 0 bridgehead atoms. The number of ether oxygens (including phenoxy) is 1. The number of hydrogen-bond acceptors (Lipinski definition) is 4. The molecule has 1 unspecified atom stereocenters. The van der Waals surface area contributed by atoms with Crippen LogP contribution in [0.2, 0.25) is 0 Å². The van der Waals surface area contributed by atoms with Crippen molar-refractivity contribution in [1.82, 2.24) is 9.80 Å². The first-order valence-electron chi connectivity index (χ1n) is 9.72. The van der Waals surface area contributed by atoms with Gasteiger partial charge in [0.1, 0.15) is 5.75 Å². The van der Waals surface area contributed by atoms with Gasteiger partial charge in [-0.25, -0.2) is 0 Å². The minimum absolute atomic E-state index is 0.0636. The topological polar surface area (TPSA) is 53.1 Å². The second kappa shape index (κ2) is 8.02. The summed E-state index contributed by atoms with van der Waals surface area (Å²) in [5, 5.41) is 0. The Bertz CT molecular complexity index is 847. The van der Waals surface area contributed by atoms with E-state index in [2.05, 4.69) is 4.90 Å². The highest BCUT2D eigenvalue weighted by atomic mass is 16.5. The van der Waals surface area contributed by atoms with Crippen molar-refractivity contribution in [3.8, 4) is 5.75 Å². The summed E-state index contributed by atoms with van der Waals surface area (Å²) in [6, 6.07) is 16.9. The van der Waals surface area contributed by atoms with Crippen molar-refractivity contribution in [2.75, 3.05) is 44.7 Å². The Kier molecular flexibility index (Phi) is 5.30. The summed E-state index contributed by atoms with van der Waals surface area (Å²) in [6.07, 6.45) is 0.795. The summed E-state index contributed by atoms with van der Waals surface area (Å²) >= 11 is 0. The highest BCUT2D eigenvalue weighted by Crippen LogP contribution is 2.32. The molecule has 0 aliphatic carbocycles. The summed E-state index contributed by atoms with van der Waals surface area (Å²) in [6.45, 7) is 3.41. The number of hydrogen-bond donors (Lipinski definition) is 0. The van der Waals surface area contributed by atoms with E-state index < -0.39 is 0 Å². The van der Waals surface area contributed by atoms with Crippen molar-refractivity contribution in [3.05, 3.63) is 60.2 Å². The number of para-hydroxylation sites is 2. The van der Waals surface area contributed by atoms with Crippen LogP contribution in [0.4, 0.5) is 5.69 Å². The Morgan fingerprint density at radius 2 is 1.61 bits per heavy atom. The monoisotopic (exact) mass is 379 g/mol. The Hall–Kier alpha value is -2.86. The van der Waals surface area contributed by atoms with Crippen LogP contribution in [0.15, 0.2) is 54.6 Å². The smallest absolute Gasteiger partial charge is 0.253 e. The quantitative estimate of drug-likeness (QED) is 0.818. The second-order valence-electron chi connectivity index (χ2n) is 7.16. The molecule has 6 nitrogen and oxygen atoms in total. The van der Waals surface area contributed by atoms with Crippen molar-refractivity contribution in [3.63, 3.8) is 0 Å². The number of carbonyl (C=O) groups excluding carboxylic acids is 2. The maximum Gasteiger partial charge on any atom is 0.253 e. The van der Waals surface area contributed by atoms with E-state index in [-0.39, 0.29) is 17.9 Å². The van der Waals surface area contributed by atoms with Gasteiger partial charge >= 0.3 is 0 Å². The number of rotatable bonds is 4. The van der Waals surface area contributed by atoms with Crippen LogP contribution in [0, 0.1) is 0 Å². The van der Waals surface area contributed by atoms with Gasteiger partial charge in [-0.2, -0.15) is 0 Å². The molecule has 2 amide bonds. The fourth-order valence-corrected chi connectivity index (χ4v) is 4.10. The normalized spacial score (nSPS) is 20.5. The predicted octanol–water partition coefficient (Wildman–Crippen LogP) is 2.26. The summed E-state index contributed by atoms with van der Waals surface area (Å²) in [7, 11) is 1.62. The van der Waals surface area contributed by atoms with Crippen LogP contribution in [0.3, 0.4) is 0 Å². The maximum absolute atomic E-state index is 13.1. The van der Waals surface area contributed by atoms with Gasteiger partial charge in [-0.1, -0.05) is 30.3 Å². The lowest BCUT2D eigenvalue weighted by molar-refractivity contribution is -0.122. The van der Waals surface area contributed by atoms with E-state index >= 15 is 0 Å². The van der Waals surface area contributed by atoms with Crippen molar-refractivity contribution in [2.24, 2.45) is 0 Å². The third kappa shape index (κ3) is 3.47. The molecule has 6 heteroatoms. The maximum atomic E-state index is 13.1. The van der Waals surface area contributed by atoms with Gasteiger partial charge in [0.25, 0.3) is 5.91 Å². The molecule has 0 spiro atoms. The SMILES string of the molecule is COc1ccccc1N1CCC(N2CCN(C(=O)c3ccccc3)CC2)C1=O. The molecule has 2 aliphatic rings. The minimum Gasteiger partial charge on any atom is -0.495 e. The zero-order chi connectivity index (χ0) is 19.5. The molecular formula is C22H25N3O3. The fourth-order valence-electron chi connectivity index (χ4n) is 4.10. The van der Waals surface area contributed by atoms with Crippen molar-refractivity contribution >= 4 is 17.5 Å². The first-order valence-corrected chi connectivity index (χ1v) is 9.72. The van der Waals surface area contributed by atoms with Crippen molar-refractivity contribution in [2.45, 2.75) is 12.5 Å². The van der Waals surface area contributed by atoms with Gasteiger partial charge in [-0.3, -0.25) is 14.5 Å². The van der Waals surface area contributed by atoms with Crippen molar-refractivity contribution in [1.29, 1.82) is 0 Å². The highest BCUT2D eigenvalue weighted by molar-refractivity contribution is 6.00. The number of benzene rings is 2. The molecule has 4 rings (SSSR count). The zero-order valence-corrected chi connectivity index (χ0v) is 16.1. The Morgan fingerprint density at radius 1 is 0.929 bits per heavy atom. The molecule has 146 valence electrons. The van der Waals surface area contributed by atoms with Crippen LogP contribution in [0.25, 0.3) is 0 Å². The standard InChI is InChI=1S/C22H25N3O3/c1-28-20-10-6-5-9-18(20)25-12-11-19(22(25)27)23-13-15-24(16-14-23)21(26)17-7-3-2-4-8-17/h2-10,19H,11-16H2,1H3. The number of methoxy groups -OCH3 is 1. The first kappa shape index (κ1) is 18.5. The molecule has 1 atom stereocenters. The molecule has 0 radical (unpaired) electrons. The van der Waals surface area contributed by atoms with Gasteiger partial charge in [-0.15, -0.1) is 0 Å². The van der Waals surface area contributed by atoms with Crippen LogP contribution in [0.5, 0.6) is 5.75 Å². The Balaban J connectivity index is 1.39. The Labute approximate surface area is 165 Å². The van der Waals surface area contributed by atoms with E-state index in [1.54, 1.807) is 7.11 Å². The summed E-state index contributed by atoms with van der Waals surface area (Å²) in [5.41, 5.74) is 1.55. The van der Waals surface area contributed by atoms with Crippen LogP contribution < -0.4 is 9.64 Å². The molecule has 2 aliphatic heterocycles. The van der Waals surface area contributed by atoms with E-state index in [4.69, 9.17) is 4.74 Å². The van der Waals surface area contributed by atoms with Gasteiger partial charge in [0.2, 0.25) is 5.91 Å². The summed E-state index contributed by atoms with van der Waals surface area (Å²) in [4.78, 5) is 31.6. The van der Waals surface area contributed by atoms with Gasteiger partial charge in [-0.05, 0) is 30.7 Å². The largest absolute Gasteiger partial charge is 0.495 e. The van der Waals surface area contributed by atoms with E-state index in [9.17, 15) is 9.59 Å². The van der Waals surface area contributed by atoms with Gasteiger partial charge in [0, 0.05) is 38.3 Å². The molecule has 2 saturated heterocycles. The van der Waals surface area contributed by atoms with E-state index in [0.29, 0.717) is 19.6 Å². The molecule has 2 aromatic rings. The van der Waals surface area contributed by atoms with E-state index in [1.807, 2.05) is 64.4 Å². The summed E-state index contributed by atoms with van der Waals surface area (Å²) in [5.74, 6) is 0.899. The minimum atomic E-state index is -0.126. The predicted molar refractivity (Wildman–Crippen MR) is 108 cm³/mol. The third-order valence-electron chi connectivity index (χ3n) is 5.62. The van der Waals surface area contributed by atoms with Gasteiger partial charge in [0.15, 0.2) is 0 Å². The number of anilines is 1. The molecule has 0 N–H and O–H groups in total. The van der Waals surface area contributed by atoms with Crippen molar-refractivity contribution < 1.29 is 14.3 Å². The Morgan fingerprint density at radius 3 is 2.32 bits per heavy atom. The third-order valence-corrected chi connectivity index (χ3v) is 5.62. The molecule has 2 heterocycles. The lowest BCUT2D eigenvalue weighted by Crippen LogP contribution is -2.53. The second-order valence-corrected chi connectivity index (χ2v) is 7.16. The average Bonchev–Trinajstić information content (AvgIpc) is 3.15. The van der Waals surface area contributed by atoms with Crippen LogP contribution in [-0.2, 0) is 4.79 Å². The lowest BCUT2D eigenvalue weighted by atomic mass is 10.1. The molecule has 0 aromatic heterocycles. The number of carbonyl (C=O) groups is 2. The molecule has 2 aromatic carbocycles. The molecular weight excluding hydrogens is 354 g/mol. The van der Waals surface area contributed by atoms with Gasteiger partial charge in [0.05, 0.1) is 18.8 Å². The highest BCUT2D eigenvalue weighted by Gasteiger charge is 2.39. The molecule has 28 heavy (non-hydrogen) atoms. The zero-order valence-electron chi connectivity index (χ0n) is 16.1.